The van der Waals surface area contributed by atoms with E-state index in [0.29, 0.717) is 13.0 Å². The van der Waals surface area contributed by atoms with Gasteiger partial charge in [-0.2, -0.15) is 0 Å². The molecule has 0 saturated heterocycles. The Hall–Kier alpha value is -2.47. The number of nitrogens with one attached hydrogen (secondary N) is 2. The Morgan fingerprint density at radius 2 is 2.00 bits per heavy atom. The van der Waals surface area contributed by atoms with Crippen molar-refractivity contribution in [2.45, 2.75) is 19.8 Å². The van der Waals surface area contributed by atoms with Crippen LogP contribution in [0.15, 0.2) is 36.7 Å². The molecule has 5 nitrogen and oxygen atoms in total. The van der Waals surface area contributed by atoms with Crippen molar-refractivity contribution in [2.24, 2.45) is 0 Å². The van der Waals surface area contributed by atoms with Gasteiger partial charge in [0, 0.05) is 30.5 Å². The van der Waals surface area contributed by atoms with Crippen LogP contribution in [0, 0.1) is 6.92 Å². The number of carbonyl (C=O) groups excluding carboxylic acids is 1. The average Bonchev–Trinajstić information content (AvgIpc) is 2.95. The first-order valence-electron chi connectivity index (χ1n) is 7.94. The summed E-state index contributed by atoms with van der Waals surface area (Å²) >= 11 is 1.68. The average molecular weight is 340 g/mol. The molecule has 0 aliphatic heterocycles. The zero-order chi connectivity index (χ0) is 16.9. The lowest BCUT2D eigenvalue weighted by Crippen LogP contribution is -2.18. The van der Waals surface area contributed by atoms with Crippen LogP contribution in [0.5, 0.6) is 0 Å². The molecule has 2 N–H and O–H groups in total. The third kappa shape index (κ3) is 3.38. The highest BCUT2D eigenvalue weighted by molar-refractivity contribution is 7.19. The molecule has 0 atom stereocenters. The van der Waals surface area contributed by atoms with Crippen LogP contribution in [0.2, 0.25) is 0 Å². The van der Waals surface area contributed by atoms with E-state index in [0.717, 1.165) is 22.5 Å². The van der Waals surface area contributed by atoms with Crippen molar-refractivity contribution in [3.05, 3.63) is 41.5 Å². The van der Waals surface area contributed by atoms with Gasteiger partial charge in [-0.3, -0.25) is 4.79 Å². The molecular weight excluding hydrogens is 320 g/mol. The zero-order valence-electron chi connectivity index (χ0n) is 13.8. The number of carbonyl (C=O) groups is 1. The fourth-order valence-corrected chi connectivity index (χ4v) is 3.72. The lowest BCUT2D eigenvalue weighted by molar-refractivity contribution is -0.120. The summed E-state index contributed by atoms with van der Waals surface area (Å²) < 4.78 is 0. The van der Waals surface area contributed by atoms with Crippen LogP contribution in [-0.2, 0) is 4.79 Å². The number of anilines is 1. The third-order valence-corrected chi connectivity index (χ3v) is 4.89. The molecule has 0 fully saturated rings. The number of nitrogens with zero attached hydrogens (tertiary/aromatic N) is 2. The Labute approximate surface area is 145 Å². The normalized spacial score (nSPS) is 10.8. The molecule has 1 amide bonds. The number of thiophene rings is 1. The van der Waals surface area contributed by atoms with Crippen LogP contribution in [-0.4, -0.2) is 29.5 Å². The standard InChI is InChI=1S/C18H20N4OS/c1-12-15(13-7-4-3-5-8-13)16-17(21-11-22-18(16)24-12)20-10-6-9-14(23)19-2/h3-5,7-8,11H,6,9-10H2,1-2H3,(H,19,23)(H,20,21,22). The second-order valence-corrected chi connectivity index (χ2v) is 6.71. The fraction of sp³-hybridized carbons (Fsp3) is 0.278. The van der Waals surface area contributed by atoms with Gasteiger partial charge in [-0.25, -0.2) is 9.97 Å². The summed E-state index contributed by atoms with van der Waals surface area (Å²) in [6.45, 7) is 2.81. The molecule has 2 aromatic heterocycles. The van der Waals surface area contributed by atoms with Gasteiger partial charge in [-0.05, 0) is 18.9 Å². The molecule has 0 unspecified atom stereocenters. The zero-order valence-corrected chi connectivity index (χ0v) is 14.6. The molecule has 1 aromatic carbocycles. The smallest absolute Gasteiger partial charge is 0.219 e. The summed E-state index contributed by atoms with van der Waals surface area (Å²) in [4.78, 5) is 22.4. The van der Waals surface area contributed by atoms with Gasteiger partial charge < -0.3 is 10.6 Å². The minimum atomic E-state index is 0.0565. The van der Waals surface area contributed by atoms with Crippen molar-refractivity contribution >= 4 is 33.3 Å². The molecule has 124 valence electrons. The Balaban J connectivity index is 1.90. The maximum atomic E-state index is 11.3. The van der Waals surface area contributed by atoms with E-state index < -0.39 is 0 Å². The van der Waals surface area contributed by atoms with Gasteiger partial charge in [0.05, 0.1) is 5.39 Å². The minimum absolute atomic E-state index is 0.0565. The lowest BCUT2D eigenvalue weighted by atomic mass is 10.0. The van der Waals surface area contributed by atoms with Crippen molar-refractivity contribution < 1.29 is 4.79 Å². The van der Waals surface area contributed by atoms with Crippen LogP contribution in [0.1, 0.15) is 17.7 Å². The van der Waals surface area contributed by atoms with Gasteiger partial charge in [-0.1, -0.05) is 30.3 Å². The van der Waals surface area contributed by atoms with Crippen molar-refractivity contribution in [1.82, 2.24) is 15.3 Å². The number of amides is 1. The summed E-state index contributed by atoms with van der Waals surface area (Å²) in [5.74, 6) is 0.890. The number of hydrogen-bond donors (Lipinski definition) is 2. The van der Waals surface area contributed by atoms with E-state index in [1.54, 1.807) is 24.7 Å². The van der Waals surface area contributed by atoms with Gasteiger partial charge in [0.15, 0.2) is 0 Å². The van der Waals surface area contributed by atoms with Gasteiger partial charge in [-0.15, -0.1) is 11.3 Å². The number of aryl methyl sites for hydroxylation is 1. The van der Waals surface area contributed by atoms with Crippen molar-refractivity contribution in [3.8, 4) is 11.1 Å². The number of rotatable bonds is 6. The van der Waals surface area contributed by atoms with Gasteiger partial charge in [0.1, 0.15) is 17.0 Å². The Morgan fingerprint density at radius 1 is 1.21 bits per heavy atom. The van der Waals surface area contributed by atoms with Crippen LogP contribution in [0.3, 0.4) is 0 Å². The minimum Gasteiger partial charge on any atom is -0.369 e. The first-order valence-corrected chi connectivity index (χ1v) is 8.76. The second-order valence-electron chi connectivity index (χ2n) is 5.51. The van der Waals surface area contributed by atoms with E-state index in [1.807, 2.05) is 18.2 Å². The number of hydrogen-bond acceptors (Lipinski definition) is 5. The van der Waals surface area contributed by atoms with Crippen LogP contribution in [0.25, 0.3) is 21.3 Å². The van der Waals surface area contributed by atoms with Gasteiger partial charge in [0.2, 0.25) is 5.91 Å². The summed E-state index contributed by atoms with van der Waals surface area (Å²) in [5.41, 5.74) is 2.36. The first-order chi connectivity index (χ1) is 11.7. The van der Waals surface area contributed by atoms with Crippen LogP contribution in [0.4, 0.5) is 5.82 Å². The maximum Gasteiger partial charge on any atom is 0.219 e. The topological polar surface area (TPSA) is 66.9 Å². The molecule has 0 radical (unpaired) electrons. The first kappa shape index (κ1) is 16.4. The highest BCUT2D eigenvalue weighted by Crippen LogP contribution is 2.40. The second kappa shape index (κ2) is 7.40. The van der Waals surface area contributed by atoms with E-state index >= 15 is 0 Å². The SMILES string of the molecule is CNC(=O)CCCNc1ncnc2sc(C)c(-c3ccccc3)c12. The Morgan fingerprint density at radius 3 is 2.75 bits per heavy atom. The summed E-state index contributed by atoms with van der Waals surface area (Å²) in [7, 11) is 1.66. The molecule has 24 heavy (non-hydrogen) atoms. The summed E-state index contributed by atoms with van der Waals surface area (Å²) in [6, 6.07) is 10.3. The summed E-state index contributed by atoms with van der Waals surface area (Å²) in [5, 5.41) is 7.06. The quantitative estimate of drug-likeness (QED) is 0.673. The van der Waals surface area contributed by atoms with Crippen LogP contribution >= 0.6 is 11.3 Å². The Kier molecular flexibility index (Phi) is 5.05. The highest BCUT2D eigenvalue weighted by atomic mass is 32.1. The van der Waals surface area contributed by atoms with E-state index in [2.05, 4.69) is 39.7 Å². The van der Waals surface area contributed by atoms with Crippen molar-refractivity contribution in [1.29, 1.82) is 0 Å². The number of aromatic nitrogens is 2. The molecule has 0 bridgehead atoms. The molecule has 0 aliphatic carbocycles. The molecule has 6 heteroatoms. The van der Waals surface area contributed by atoms with E-state index in [-0.39, 0.29) is 5.91 Å². The molecule has 0 aliphatic rings. The molecule has 0 saturated carbocycles. The van der Waals surface area contributed by atoms with E-state index in [4.69, 9.17) is 0 Å². The van der Waals surface area contributed by atoms with Gasteiger partial charge in [0.25, 0.3) is 0 Å². The number of fused-ring (bicyclic) bond motifs is 1. The molecular formula is C18H20N4OS. The highest BCUT2D eigenvalue weighted by Gasteiger charge is 2.16. The largest absolute Gasteiger partial charge is 0.369 e. The van der Waals surface area contributed by atoms with Crippen LogP contribution < -0.4 is 10.6 Å². The lowest BCUT2D eigenvalue weighted by Gasteiger charge is -2.09. The fourth-order valence-electron chi connectivity index (χ4n) is 2.71. The van der Waals surface area contributed by atoms with Crippen molar-refractivity contribution in [2.75, 3.05) is 18.9 Å². The van der Waals surface area contributed by atoms with E-state index in [1.165, 1.54) is 16.0 Å². The van der Waals surface area contributed by atoms with Crippen molar-refractivity contribution in [3.63, 3.8) is 0 Å². The monoisotopic (exact) mass is 340 g/mol. The number of benzene rings is 1. The Bertz CT molecular complexity index is 845. The summed E-state index contributed by atoms with van der Waals surface area (Å²) in [6.07, 6.45) is 2.86. The predicted molar refractivity (Wildman–Crippen MR) is 99.4 cm³/mol. The molecule has 2 heterocycles. The third-order valence-electron chi connectivity index (χ3n) is 3.88. The molecule has 3 aromatic rings. The molecule has 0 spiro atoms. The predicted octanol–water partition coefficient (Wildman–Crippen LogP) is 3.60. The van der Waals surface area contributed by atoms with E-state index in [9.17, 15) is 4.79 Å². The van der Waals surface area contributed by atoms with Gasteiger partial charge >= 0.3 is 0 Å². The molecule has 3 rings (SSSR count). The maximum absolute atomic E-state index is 11.3.